The zero-order valence-electron chi connectivity index (χ0n) is 15.7. The Morgan fingerprint density at radius 2 is 1.54 bits per heavy atom. The summed E-state index contributed by atoms with van der Waals surface area (Å²) in [5, 5.41) is 0. The maximum atomic E-state index is 13.6. The summed E-state index contributed by atoms with van der Waals surface area (Å²) >= 11 is 0. The fraction of sp³-hybridized carbons (Fsp3) is 0.364. The Kier molecular flexibility index (Phi) is 6.87. The molecule has 1 fully saturated rings. The number of amides is 1. The van der Waals surface area contributed by atoms with E-state index in [9.17, 15) is 18.4 Å². The SMILES string of the molecule is O=C(CCC(=O)N1CCN(CCc2ccc(F)cc2)CC1)c1ccccc1F. The lowest BCUT2D eigenvalue weighted by molar-refractivity contribution is -0.132. The van der Waals surface area contributed by atoms with E-state index in [1.165, 1.54) is 30.3 Å². The predicted molar refractivity (Wildman–Crippen MR) is 103 cm³/mol. The summed E-state index contributed by atoms with van der Waals surface area (Å²) in [5.74, 6) is -1.19. The molecule has 0 aromatic heterocycles. The minimum absolute atomic E-state index is 0.0184. The fourth-order valence-corrected chi connectivity index (χ4v) is 3.36. The molecule has 28 heavy (non-hydrogen) atoms. The average Bonchev–Trinajstić information content (AvgIpc) is 2.72. The number of hydrogen-bond acceptors (Lipinski definition) is 3. The van der Waals surface area contributed by atoms with Crippen LogP contribution >= 0.6 is 0 Å². The van der Waals surface area contributed by atoms with Crippen molar-refractivity contribution < 1.29 is 18.4 Å². The van der Waals surface area contributed by atoms with Gasteiger partial charge in [-0.05, 0) is 36.2 Å². The highest BCUT2D eigenvalue weighted by Gasteiger charge is 2.22. The lowest BCUT2D eigenvalue weighted by Gasteiger charge is -2.34. The molecule has 6 heteroatoms. The molecule has 2 aromatic carbocycles. The van der Waals surface area contributed by atoms with Crippen molar-refractivity contribution in [2.45, 2.75) is 19.3 Å². The van der Waals surface area contributed by atoms with Crippen molar-refractivity contribution in [3.05, 3.63) is 71.3 Å². The molecule has 3 rings (SSSR count). The molecule has 0 spiro atoms. The zero-order valence-corrected chi connectivity index (χ0v) is 15.7. The number of rotatable bonds is 7. The lowest BCUT2D eigenvalue weighted by Crippen LogP contribution is -2.49. The molecule has 0 aliphatic carbocycles. The Labute approximate surface area is 163 Å². The van der Waals surface area contributed by atoms with Gasteiger partial charge in [0.15, 0.2) is 5.78 Å². The van der Waals surface area contributed by atoms with E-state index in [-0.39, 0.29) is 35.9 Å². The molecule has 4 nitrogen and oxygen atoms in total. The van der Waals surface area contributed by atoms with Crippen LogP contribution in [0.2, 0.25) is 0 Å². The van der Waals surface area contributed by atoms with Gasteiger partial charge in [-0.15, -0.1) is 0 Å². The van der Waals surface area contributed by atoms with Crippen molar-refractivity contribution in [1.82, 2.24) is 9.80 Å². The first-order valence-electron chi connectivity index (χ1n) is 9.55. The Hall–Kier alpha value is -2.60. The normalized spacial score (nSPS) is 14.9. The third-order valence-electron chi connectivity index (χ3n) is 5.10. The van der Waals surface area contributed by atoms with Crippen LogP contribution in [0.15, 0.2) is 48.5 Å². The van der Waals surface area contributed by atoms with Crippen molar-refractivity contribution in [1.29, 1.82) is 0 Å². The molecule has 0 radical (unpaired) electrons. The van der Waals surface area contributed by atoms with Crippen molar-refractivity contribution in [2.24, 2.45) is 0 Å². The van der Waals surface area contributed by atoms with Gasteiger partial charge >= 0.3 is 0 Å². The van der Waals surface area contributed by atoms with Gasteiger partial charge in [0, 0.05) is 45.6 Å². The molecular weight excluding hydrogens is 362 g/mol. The molecular formula is C22H24F2N2O2. The minimum atomic E-state index is -0.547. The van der Waals surface area contributed by atoms with Gasteiger partial charge in [-0.2, -0.15) is 0 Å². The van der Waals surface area contributed by atoms with E-state index in [2.05, 4.69) is 4.90 Å². The van der Waals surface area contributed by atoms with Crippen LogP contribution in [0.4, 0.5) is 8.78 Å². The number of carbonyl (C=O) groups excluding carboxylic acids is 2. The van der Waals surface area contributed by atoms with E-state index in [4.69, 9.17) is 0 Å². The first kappa shape index (κ1) is 20.1. The van der Waals surface area contributed by atoms with Crippen LogP contribution in [0.3, 0.4) is 0 Å². The standard InChI is InChI=1S/C22H24F2N2O2/c23-18-7-5-17(6-8-18)11-12-25-13-15-26(16-14-25)22(28)10-9-21(27)19-3-1-2-4-20(19)24/h1-8H,9-16H2. The zero-order chi connectivity index (χ0) is 19.9. The van der Waals surface area contributed by atoms with Gasteiger partial charge in [0.05, 0.1) is 5.56 Å². The van der Waals surface area contributed by atoms with Crippen LogP contribution in [-0.4, -0.2) is 54.2 Å². The molecule has 1 aliphatic rings. The minimum Gasteiger partial charge on any atom is -0.340 e. The Balaban J connectivity index is 1.39. The van der Waals surface area contributed by atoms with E-state index >= 15 is 0 Å². The first-order valence-corrected chi connectivity index (χ1v) is 9.55. The third kappa shape index (κ3) is 5.45. The number of Topliss-reactive ketones (excluding diaryl/α,β-unsaturated/α-hetero) is 1. The smallest absolute Gasteiger partial charge is 0.223 e. The molecule has 148 valence electrons. The highest BCUT2D eigenvalue weighted by Crippen LogP contribution is 2.13. The van der Waals surface area contributed by atoms with Crippen LogP contribution in [0.5, 0.6) is 0 Å². The third-order valence-corrected chi connectivity index (χ3v) is 5.10. The van der Waals surface area contributed by atoms with E-state index in [0.29, 0.717) is 13.1 Å². The van der Waals surface area contributed by atoms with Gasteiger partial charge < -0.3 is 4.90 Å². The van der Waals surface area contributed by atoms with E-state index in [0.717, 1.165) is 31.6 Å². The maximum Gasteiger partial charge on any atom is 0.223 e. The summed E-state index contributed by atoms with van der Waals surface area (Å²) in [4.78, 5) is 28.5. The molecule has 0 atom stereocenters. The van der Waals surface area contributed by atoms with Crippen LogP contribution in [0.1, 0.15) is 28.8 Å². The summed E-state index contributed by atoms with van der Waals surface area (Å²) in [6.07, 6.45) is 0.957. The molecule has 1 heterocycles. The van der Waals surface area contributed by atoms with E-state index in [1.54, 1.807) is 23.1 Å². The molecule has 1 amide bonds. The molecule has 0 bridgehead atoms. The topological polar surface area (TPSA) is 40.6 Å². The monoisotopic (exact) mass is 386 g/mol. The number of nitrogens with zero attached hydrogens (tertiary/aromatic N) is 2. The lowest BCUT2D eigenvalue weighted by atomic mass is 10.1. The average molecular weight is 386 g/mol. The number of hydrogen-bond donors (Lipinski definition) is 0. The van der Waals surface area contributed by atoms with Crippen LogP contribution in [0.25, 0.3) is 0 Å². The number of ketones is 1. The summed E-state index contributed by atoms with van der Waals surface area (Å²) in [7, 11) is 0. The number of benzene rings is 2. The Morgan fingerprint density at radius 3 is 2.21 bits per heavy atom. The van der Waals surface area contributed by atoms with Crippen molar-refractivity contribution in [2.75, 3.05) is 32.7 Å². The summed E-state index contributed by atoms with van der Waals surface area (Å²) < 4.78 is 26.6. The number of halogens is 2. The van der Waals surface area contributed by atoms with Gasteiger partial charge in [0.25, 0.3) is 0 Å². The van der Waals surface area contributed by atoms with Crippen LogP contribution in [-0.2, 0) is 11.2 Å². The van der Waals surface area contributed by atoms with Gasteiger partial charge in [0.1, 0.15) is 11.6 Å². The summed E-state index contributed by atoms with van der Waals surface area (Å²) in [5.41, 5.74) is 1.13. The summed E-state index contributed by atoms with van der Waals surface area (Å²) in [6, 6.07) is 12.4. The van der Waals surface area contributed by atoms with Gasteiger partial charge in [0.2, 0.25) is 5.91 Å². The Morgan fingerprint density at radius 1 is 0.857 bits per heavy atom. The van der Waals surface area contributed by atoms with Gasteiger partial charge in [-0.3, -0.25) is 14.5 Å². The second-order valence-electron chi connectivity index (χ2n) is 7.00. The van der Waals surface area contributed by atoms with Crippen molar-refractivity contribution in [3.8, 4) is 0 Å². The molecule has 1 saturated heterocycles. The molecule has 0 N–H and O–H groups in total. The molecule has 0 unspecified atom stereocenters. The molecule has 0 saturated carbocycles. The van der Waals surface area contributed by atoms with Crippen LogP contribution in [0, 0.1) is 11.6 Å². The predicted octanol–water partition coefficient (Wildman–Crippen LogP) is 3.31. The Bertz CT molecular complexity index is 816. The van der Waals surface area contributed by atoms with E-state index < -0.39 is 5.82 Å². The fourth-order valence-electron chi connectivity index (χ4n) is 3.36. The van der Waals surface area contributed by atoms with E-state index in [1.807, 2.05) is 0 Å². The van der Waals surface area contributed by atoms with Crippen LogP contribution < -0.4 is 0 Å². The first-order chi connectivity index (χ1) is 13.5. The molecule has 1 aliphatic heterocycles. The second kappa shape index (κ2) is 9.55. The largest absolute Gasteiger partial charge is 0.340 e. The summed E-state index contributed by atoms with van der Waals surface area (Å²) in [6.45, 7) is 3.65. The van der Waals surface area contributed by atoms with Crippen molar-refractivity contribution in [3.63, 3.8) is 0 Å². The quantitative estimate of drug-likeness (QED) is 0.686. The highest BCUT2D eigenvalue weighted by atomic mass is 19.1. The maximum absolute atomic E-state index is 13.6. The second-order valence-corrected chi connectivity index (χ2v) is 7.00. The number of piperazine rings is 1. The number of carbonyl (C=O) groups is 2. The van der Waals surface area contributed by atoms with Gasteiger partial charge in [-0.25, -0.2) is 8.78 Å². The van der Waals surface area contributed by atoms with Gasteiger partial charge in [-0.1, -0.05) is 24.3 Å². The van der Waals surface area contributed by atoms with Crippen molar-refractivity contribution >= 4 is 11.7 Å². The molecule has 2 aromatic rings. The highest BCUT2D eigenvalue weighted by molar-refractivity contribution is 5.98.